The zero-order valence-electron chi connectivity index (χ0n) is 7.59. The molecule has 72 valence electrons. The molecule has 0 spiro atoms. The maximum absolute atomic E-state index is 13.0. The fourth-order valence-electron chi connectivity index (χ4n) is 1.79. The SMILES string of the molecule is COC[C@]1(CO)C[C@@H](F)CN1C. The number of hydrogen-bond donors (Lipinski definition) is 1. The molecular weight excluding hydrogens is 161 g/mol. The largest absolute Gasteiger partial charge is 0.394 e. The van der Waals surface area contributed by atoms with Crippen LogP contribution in [0.4, 0.5) is 4.39 Å². The molecule has 0 bridgehead atoms. The fourth-order valence-corrected chi connectivity index (χ4v) is 1.79. The standard InChI is InChI=1S/C8H16FNO2/c1-10-4-7(9)3-8(10,5-11)6-12-2/h7,11H,3-6H2,1-2H3/t7-,8-/m1/s1. The first kappa shape index (κ1) is 9.89. The number of alkyl halides is 1. The number of halogens is 1. The monoisotopic (exact) mass is 177 g/mol. The van der Waals surface area contributed by atoms with Crippen molar-refractivity contribution in [3.05, 3.63) is 0 Å². The molecule has 1 aliphatic rings. The molecule has 1 heterocycles. The summed E-state index contributed by atoms with van der Waals surface area (Å²) in [6.07, 6.45) is -0.467. The van der Waals surface area contributed by atoms with E-state index in [2.05, 4.69) is 0 Å². The van der Waals surface area contributed by atoms with Gasteiger partial charge in [0.15, 0.2) is 0 Å². The Hall–Kier alpha value is -0.190. The fraction of sp³-hybridized carbons (Fsp3) is 1.00. The molecule has 1 saturated heterocycles. The average molecular weight is 177 g/mol. The molecule has 0 amide bonds. The molecule has 1 fully saturated rings. The third-order valence-electron chi connectivity index (χ3n) is 2.59. The van der Waals surface area contributed by atoms with Crippen LogP contribution < -0.4 is 0 Å². The van der Waals surface area contributed by atoms with Gasteiger partial charge in [0.05, 0.1) is 18.8 Å². The lowest BCUT2D eigenvalue weighted by molar-refractivity contribution is 0.0102. The second kappa shape index (κ2) is 3.68. The Balaban J connectivity index is 2.65. The van der Waals surface area contributed by atoms with E-state index in [9.17, 15) is 4.39 Å². The Bertz CT molecular complexity index is 156. The Labute approximate surface area is 72.1 Å². The molecule has 1 N–H and O–H groups in total. The van der Waals surface area contributed by atoms with Gasteiger partial charge in [0.25, 0.3) is 0 Å². The highest BCUT2D eigenvalue weighted by Crippen LogP contribution is 2.29. The van der Waals surface area contributed by atoms with Crippen molar-refractivity contribution >= 4 is 0 Å². The summed E-state index contributed by atoms with van der Waals surface area (Å²) in [5, 5.41) is 9.15. The number of rotatable bonds is 3. The van der Waals surface area contributed by atoms with Crippen LogP contribution in [0.3, 0.4) is 0 Å². The van der Waals surface area contributed by atoms with Gasteiger partial charge in [-0.05, 0) is 7.05 Å². The van der Waals surface area contributed by atoms with Gasteiger partial charge >= 0.3 is 0 Å². The van der Waals surface area contributed by atoms with Gasteiger partial charge in [0, 0.05) is 20.1 Å². The van der Waals surface area contributed by atoms with E-state index < -0.39 is 11.7 Å². The Kier molecular flexibility index (Phi) is 3.04. The number of likely N-dealkylation sites (tertiary alicyclic amines) is 1. The van der Waals surface area contributed by atoms with E-state index in [4.69, 9.17) is 9.84 Å². The van der Waals surface area contributed by atoms with Gasteiger partial charge in [-0.2, -0.15) is 0 Å². The number of aliphatic hydroxyl groups is 1. The summed E-state index contributed by atoms with van der Waals surface area (Å²) in [6, 6.07) is 0. The van der Waals surface area contributed by atoms with Crippen LogP contribution in [0.5, 0.6) is 0 Å². The van der Waals surface area contributed by atoms with Crippen LogP contribution >= 0.6 is 0 Å². The molecule has 2 atom stereocenters. The number of hydrogen-bond acceptors (Lipinski definition) is 3. The highest BCUT2D eigenvalue weighted by Gasteiger charge is 2.43. The molecular formula is C8H16FNO2. The summed E-state index contributed by atoms with van der Waals surface area (Å²) in [5.41, 5.74) is -0.492. The van der Waals surface area contributed by atoms with Gasteiger partial charge in [-0.15, -0.1) is 0 Å². The second-order valence-corrected chi connectivity index (χ2v) is 3.50. The van der Waals surface area contributed by atoms with Crippen LogP contribution in [0.15, 0.2) is 0 Å². The van der Waals surface area contributed by atoms with Gasteiger partial charge in [-0.3, -0.25) is 4.90 Å². The Morgan fingerprint density at radius 3 is 2.75 bits per heavy atom. The van der Waals surface area contributed by atoms with Crippen molar-refractivity contribution in [2.75, 3.05) is 33.9 Å². The second-order valence-electron chi connectivity index (χ2n) is 3.50. The minimum Gasteiger partial charge on any atom is -0.394 e. The van der Waals surface area contributed by atoms with Gasteiger partial charge in [-0.1, -0.05) is 0 Å². The highest BCUT2D eigenvalue weighted by molar-refractivity contribution is 4.97. The minimum atomic E-state index is -0.836. The normalized spacial score (nSPS) is 37.5. The highest BCUT2D eigenvalue weighted by atomic mass is 19.1. The van der Waals surface area contributed by atoms with E-state index in [1.165, 1.54) is 0 Å². The maximum atomic E-state index is 13.0. The quantitative estimate of drug-likeness (QED) is 0.660. The first-order chi connectivity index (χ1) is 5.64. The average Bonchev–Trinajstić information content (AvgIpc) is 2.28. The summed E-state index contributed by atoms with van der Waals surface area (Å²) >= 11 is 0. The topological polar surface area (TPSA) is 32.7 Å². The lowest BCUT2D eigenvalue weighted by Gasteiger charge is -2.32. The minimum absolute atomic E-state index is 0.0439. The van der Waals surface area contributed by atoms with Crippen molar-refractivity contribution < 1.29 is 14.2 Å². The molecule has 1 rings (SSSR count). The Morgan fingerprint density at radius 1 is 1.75 bits per heavy atom. The van der Waals surface area contributed by atoms with Crippen molar-refractivity contribution in [2.45, 2.75) is 18.1 Å². The molecule has 0 saturated carbocycles. The van der Waals surface area contributed by atoms with Crippen LogP contribution in [-0.2, 0) is 4.74 Å². The van der Waals surface area contributed by atoms with Gasteiger partial charge < -0.3 is 9.84 Å². The van der Waals surface area contributed by atoms with Crippen molar-refractivity contribution in [1.82, 2.24) is 4.90 Å². The van der Waals surface area contributed by atoms with Crippen LogP contribution in [-0.4, -0.2) is 55.6 Å². The first-order valence-corrected chi connectivity index (χ1v) is 4.10. The molecule has 0 aromatic carbocycles. The van der Waals surface area contributed by atoms with Crippen molar-refractivity contribution in [3.8, 4) is 0 Å². The molecule has 0 aliphatic carbocycles. The van der Waals surface area contributed by atoms with Gasteiger partial charge in [-0.25, -0.2) is 4.39 Å². The maximum Gasteiger partial charge on any atom is 0.115 e. The van der Waals surface area contributed by atoms with Crippen LogP contribution in [0.25, 0.3) is 0 Å². The Morgan fingerprint density at radius 2 is 2.42 bits per heavy atom. The molecule has 0 unspecified atom stereocenters. The van der Waals surface area contributed by atoms with Crippen LogP contribution in [0.2, 0.25) is 0 Å². The predicted octanol–water partition coefficient (Wildman–Crippen LogP) is 0.0375. The van der Waals surface area contributed by atoms with E-state index in [1.807, 2.05) is 11.9 Å². The number of ether oxygens (including phenoxy) is 1. The van der Waals surface area contributed by atoms with Crippen LogP contribution in [0, 0.1) is 0 Å². The number of likely N-dealkylation sites (N-methyl/N-ethyl adjacent to an activating group) is 1. The first-order valence-electron chi connectivity index (χ1n) is 4.10. The van der Waals surface area contributed by atoms with Gasteiger partial charge in [0.2, 0.25) is 0 Å². The summed E-state index contributed by atoms with van der Waals surface area (Å²) in [4.78, 5) is 1.83. The van der Waals surface area contributed by atoms with E-state index >= 15 is 0 Å². The number of nitrogens with zero attached hydrogens (tertiary/aromatic N) is 1. The van der Waals surface area contributed by atoms with Crippen LogP contribution in [0.1, 0.15) is 6.42 Å². The number of aliphatic hydroxyl groups excluding tert-OH is 1. The van der Waals surface area contributed by atoms with E-state index in [0.29, 0.717) is 19.6 Å². The van der Waals surface area contributed by atoms with Crippen molar-refractivity contribution in [3.63, 3.8) is 0 Å². The zero-order chi connectivity index (χ0) is 9.19. The zero-order valence-corrected chi connectivity index (χ0v) is 7.59. The smallest absolute Gasteiger partial charge is 0.115 e. The molecule has 12 heavy (non-hydrogen) atoms. The molecule has 1 aliphatic heterocycles. The van der Waals surface area contributed by atoms with E-state index in [1.54, 1.807) is 7.11 Å². The lowest BCUT2D eigenvalue weighted by atomic mass is 9.98. The predicted molar refractivity (Wildman–Crippen MR) is 43.8 cm³/mol. The molecule has 0 aromatic rings. The third-order valence-corrected chi connectivity index (χ3v) is 2.59. The van der Waals surface area contributed by atoms with Crippen molar-refractivity contribution in [2.24, 2.45) is 0 Å². The number of methoxy groups -OCH3 is 1. The molecule has 0 radical (unpaired) electrons. The van der Waals surface area contributed by atoms with Crippen molar-refractivity contribution in [1.29, 1.82) is 0 Å². The van der Waals surface area contributed by atoms with Gasteiger partial charge in [0.1, 0.15) is 6.17 Å². The van der Waals surface area contributed by atoms with E-state index in [0.717, 1.165) is 0 Å². The summed E-state index contributed by atoms with van der Waals surface area (Å²) < 4.78 is 17.9. The summed E-state index contributed by atoms with van der Waals surface area (Å²) in [6.45, 7) is 0.738. The van der Waals surface area contributed by atoms with E-state index in [-0.39, 0.29) is 6.61 Å². The summed E-state index contributed by atoms with van der Waals surface area (Å²) in [7, 11) is 3.38. The lowest BCUT2D eigenvalue weighted by Crippen LogP contribution is -2.48. The molecule has 3 nitrogen and oxygen atoms in total. The third kappa shape index (κ3) is 1.60. The molecule has 4 heteroatoms. The summed E-state index contributed by atoms with van der Waals surface area (Å²) in [5.74, 6) is 0. The molecule has 0 aromatic heterocycles.